The second kappa shape index (κ2) is 6.19. The summed E-state index contributed by atoms with van der Waals surface area (Å²) in [7, 11) is 0. The van der Waals surface area contributed by atoms with Crippen molar-refractivity contribution in [3.63, 3.8) is 0 Å². The van der Waals surface area contributed by atoms with Crippen LogP contribution in [0, 0.1) is 5.92 Å². The normalized spacial score (nSPS) is 10.3. The first-order chi connectivity index (χ1) is 7.20. The van der Waals surface area contributed by atoms with E-state index in [1.807, 2.05) is 44.2 Å². The maximum absolute atomic E-state index is 11.1. The van der Waals surface area contributed by atoms with Gasteiger partial charge in [-0.25, -0.2) is 5.48 Å². The molecule has 1 amide bonds. The maximum atomic E-state index is 11.1. The third-order valence-electron chi connectivity index (χ3n) is 2.03. The smallest absolute Gasteiger partial charge is 0.246 e. The average Bonchev–Trinajstić information content (AvgIpc) is 2.25. The van der Waals surface area contributed by atoms with Crippen molar-refractivity contribution in [1.82, 2.24) is 5.48 Å². The molecule has 0 unspecified atom stereocenters. The molecule has 0 heterocycles. The molecule has 15 heavy (non-hydrogen) atoms. The minimum Gasteiger partial charge on any atom is -0.273 e. The highest BCUT2D eigenvalue weighted by molar-refractivity contribution is 5.76. The van der Waals surface area contributed by atoms with Crippen molar-refractivity contribution in [2.75, 3.05) is 6.61 Å². The molecule has 0 aliphatic rings. The third kappa shape index (κ3) is 4.61. The summed E-state index contributed by atoms with van der Waals surface area (Å²) in [6, 6.07) is 10.0. The Kier molecular flexibility index (Phi) is 4.84. The van der Waals surface area contributed by atoms with Crippen LogP contribution >= 0.6 is 0 Å². The molecule has 3 nitrogen and oxygen atoms in total. The molecule has 0 bridgehead atoms. The molecule has 0 aliphatic heterocycles. The van der Waals surface area contributed by atoms with Crippen LogP contribution in [0.25, 0.3) is 0 Å². The summed E-state index contributed by atoms with van der Waals surface area (Å²) in [5.41, 5.74) is 3.62. The zero-order valence-electron chi connectivity index (χ0n) is 9.19. The molecule has 0 saturated heterocycles. The molecule has 0 spiro atoms. The molecule has 0 aliphatic carbocycles. The van der Waals surface area contributed by atoms with E-state index in [4.69, 9.17) is 4.84 Å². The minimum absolute atomic E-state index is 0.0401. The van der Waals surface area contributed by atoms with Gasteiger partial charge in [-0.2, -0.15) is 0 Å². The summed E-state index contributed by atoms with van der Waals surface area (Å²) in [4.78, 5) is 16.2. The van der Waals surface area contributed by atoms with E-state index in [-0.39, 0.29) is 11.8 Å². The predicted octanol–water partition coefficient (Wildman–Crippen LogP) is 1.93. The number of hydroxylamine groups is 1. The average molecular weight is 207 g/mol. The first-order valence-electron chi connectivity index (χ1n) is 5.15. The van der Waals surface area contributed by atoms with Crippen LogP contribution in [0.15, 0.2) is 30.3 Å². The predicted molar refractivity (Wildman–Crippen MR) is 59.1 cm³/mol. The maximum Gasteiger partial charge on any atom is 0.246 e. The monoisotopic (exact) mass is 207 g/mol. The molecule has 1 aromatic rings. The Morgan fingerprint density at radius 1 is 1.33 bits per heavy atom. The fraction of sp³-hybridized carbons (Fsp3) is 0.417. The number of rotatable bonds is 5. The Morgan fingerprint density at radius 3 is 2.60 bits per heavy atom. The molecule has 0 aromatic heterocycles. The van der Waals surface area contributed by atoms with E-state index in [0.717, 1.165) is 6.42 Å². The second-order valence-electron chi connectivity index (χ2n) is 3.71. The molecule has 0 radical (unpaired) electrons. The van der Waals surface area contributed by atoms with Gasteiger partial charge < -0.3 is 0 Å². The largest absolute Gasteiger partial charge is 0.273 e. The van der Waals surface area contributed by atoms with E-state index >= 15 is 0 Å². The lowest BCUT2D eigenvalue weighted by molar-refractivity contribution is -0.136. The van der Waals surface area contributed by atoms with Gasteiger partial charge in [0.15, 0.2) is 0 Å². The van der Waals surface area contributed by atoms with Crippen LogP contribution in [-0.2, 0) is 16.1 Å². The quantitative estimate of drug-likeness (QED) is 0.592. The van der Waals surface area contributed by atoms with Gasteiger partial charge in [-0.3, -0.25) is 9.63 Å². The van der Waals surface area contributed by atoms with E-state index in [2.05, 4.69) is 5.48 Å². The molecule has 0 fully saturated rings. The van der Waals surface area contributed by atoms with Crippen LogP contribution < -0.4 is 5.48 Å². The van der Waals surface area contributed by atoms with Crippen molar-refractivity contribution in [1.29, 1.82) is 0 Å². The van der Waals surface area contributed by atoms with Gasteiger partial charge in [0.05, 0.1) is 6.61 Å². The first kappa shape index (κ1) is 11.7. The highest BCUT2D eigenvalue weighted by Gasteiger charge is 2.05. The summed E-state index contributed by atoms with van der Waals surface area (Å²) in [5, 5.41) is 0. The number of hydrogen-bond donors (Lipinski definition) is 1. The lowest BCUT2D eigenvalue weighted by Gasteiger charge is -2.07. The molecule has 1 aromatic carbocycles. The van der Waals surface area contributed by atoms with Crippen molar-refractivity contribution in [3.05, 3.63) is 35.9 Å². The van der Waals surface area contributed by atoms with Crippen molar-refractivity contribution < 1.29 is 9.63 Å². The third-order valence-corrected chi connectivity index (χ3v) is 2.03. The van der Waals surface area contributed by atoms with Gasteiger partial charge in [-0.1, -0.05) is 44.2 Å². The zero-order valence-corrected chi connectivity index (χ0v) is 9.19. The number of benzene rings is 1. The summed E-state index contributed by atoms with van der Waals surface area (Å²) in [6.07, 6.45) is 0.805. The van der Waals surface area contributed by atoms with E-state index in [1.54, 1.807) is 0 Å². The van der Waals surface area contributed by atoms with Crippen LogP contribution in [0.3, 0.4) is 0 Å². The second-order valence-corrected chi connectivity index (χ2v) is 3.71. The number of amides is 1. The van der Waals surface area contributed by atoms with Crippen molar-refractivity contribution >= 4 is 5.91 Å². The lowest BCUT2D eigenvalue weighted by atomic mass is 10.2. The molecule has 82 valence electrons. The summed E-state index contributed by atoms with van der Waals surface area (Å²) in [5.74, 6) is -0.121. The Labute approximate surface area is 90.4 Å². The highest BCUT2D eigenvalue weighted by atomic mass is 16.6. The molecule has 0 saturated carbocycles. The molecule has 0 atom stereocenters. The molecule has 3 heteroatoms. The van der Waals surface area contributed by atoms with Gasteiger partial charge in [-0.05, 0) is 12.0 Å². The van der Waals surface area contributed by atoms with Gasteiger partial charge in [0.25, 0.3) is 0 Å². The summed E-state index contributed by atoms with van der Waals surface area (Å²) >= 11 is 0. The van der Waals surface area contributed by atoms with Crippen molar-refractivity contribution in [2.45, 2.75) is 20.3 Å². The molecular weight excluding hydrogens is 190 g/mol. The van der Waals surface area contributed by atoms with E-state index in [0.29, 0.717) is 6.61 Å². The van der Waals surface area contributed by atoms with Crippen LogP contribution in [0.5, 0.6) is 0 Å². The van der Waals surface area contributed by atoms with Gasteiger partial charge in [0, 0.05) is 5.92 Å². The topological polar surface area (TPSA) is 38.3 Å². The van der Waals surface area contributed by atoms with Gasteiger partial charge in [0.1, 0.15) is 0 Å². The SMILES string of the molecule is CC(C)C(=O)NOCCc1ccccc1. The lowest BCUT2D eigenvalue weighted by Crippen LogP contribution is -2.28. The van der Waals surface area contributed by atoms with Crippen molar-refractivity contribution in [3.8, 4) is 0 Å². The highest BCUT2D eigenvalue weighted by Crippen LogP contribution is 1.99. The molecule has 1 N–H and O–H groups in total. The Hall–Kier alpha value is -1.35. The van der Waals surface area contributed by atoms with Crippen LogP contribution in [0.2, 0.25) is 0 Å². The van der Waals surface area contributed by atoms with Gasteiger partial charge in [0.2, 0.25) is 5.91 Å². The van der Waals surface area contributed by atoms with Crippen LogP contribution in [0.4, 0.5) is 0 Å². The number of nitrogens with one attached hydrogen (secondary N) is 1. The van der Waals surface area contributed by atoms with Crippen molar-refractivity contribution in [2.24, 2.45) is 5.92 Å². The Morgan fingerprint density at radius 2 is 2.00 bits per heavy atom. The molecular formula is C12H17NO2. The fourth-order valence-electron chi connectivity index (χ4n) is 1.05. The fourth-order valence-corrected chi connectivity index (χ4v) is 1.05. The number of hydrogen-bond acceptors (Lipinski definition) is 2. The van der Waals surface area contributed by atoms with Gasteiger partial charge in [-0.15, -0.1) is 0 Å². The Balaban J connectivity index is 2.15. The Bertz CT molecular complexity index is 296. The number of carbonyl (C=O) groups is 1. The van der Waals surface area contributed by atoms with Crippen LogP contribution in [-0.4, -0.2) is 12.5 Å². The van der Waals surface area contributed by atoms with Crippen LogP contribution in [0.1, 0.15) is 19.4 Å². The molecule has 1 rings (SSSR count). The zero-order chi connectivity index (χ0) is 11.1. The van der Waals surface area contributed by atoms with E-state index < -0.39 is 0 Å². The standard InChI is InChI=1S/C12H17NO2/c1-10(2)12(14)13-15-9-8-11-6-4-3-5-7-11/h3-7,10H,8-9H2,1-2H3,(H,13,14). The van der Waals surface area contributed by atoms with Gasteiger partial charge >= 0.3 is 0 Å². The number of carbonyl (C=O) groups excluding carboxylic acids is 1. The summed E-state index contributed by atoms with van der Waals surface area (Å²) in [6.45, 7) is 4.16. The van der Waals surface area contributed by atoms with E-state index in [1.165, 1.54) is 5.56 Å². The minimum atomic E-state index is -0.0805. The first-order valence-corrected chi connectivity index (χ1v) is 5.15. The van der Waals surface area contributed by atoms with E-state index in [9.17, 15) is 4.79 Å². The summed E-state index contributed by atoms with van der Waals surface area (Å²) < 4.78 is 0.